The van der Waals surface area contributed by atoms with E-state index in [2.05, 4.69) is 48.5 Å². The maximum absolute atomic E-state index is 13.7. The number of benzene rings is 1. The van der Waals surface area contributed by atoms with E-state index in [1.807, 2.05) is 6.07 Å². The summed E-state index contributed by atoms with van der Waals surface area (Å²) in [7, 11) is 0. The standard InChI is InChI=1S/C31H43F2N5O3S/c1-5-27(39)35-24(14-28-36-23-12-11-22(19(2)3)13-26(23)42-28)30(41)37-25(21-9-7-6-8-10-21)15-34-29(40)20(4)16-38-17-31(32,33)18-38/h11-13,19,21,24-25H,4-10,14-18H2,1-3H3,(H,34,40)(H,35,39)(H,37,41)/t24-,25+/m0/s1. The molecule has 42 heavy (non-hydrogen) atoms. The first-order valence-corrected chi connectivity index (χ1v) is 15.8. The Morgan fingerprint density at radius 1 is 1.14 bits per heavy atom. The molecule has 8 nitrogen and oxygen atoms in total. The molecule has 0 radical (unpaired) electrons. The van der Waals surface area contributed by atoms with E-state index in [1.165, 1.54) is 21.8 Å². The molecule has 0 bridgehead atoms. The second-order valence-corrected chi connectivity index (χ2v) is 13.1. The summed E-state index contributed by atoms with van der Waals surface area (Å²) in [6.45, 7) is 9.32. The van der Waals surface area contributed by atoms with E-state index >= 15 is 0 Å². The minimum absolute atomic E-state index is 0.0772. The van der Waals surface area contributed by atoms with Crippen LogP contribution in [-0.2, 0) is 20.8 Å². The van der Waals surface area contributed by atoms with Crippen LogP contribution in [0.2, 0.25) is 0 Å². The molecular weight excluding hydrogens is 560 g/mol. The normalized spacial score (nSPS) is 18.7. The Hall–Kier alpha value is -2.92. The van der Waals surface area contributed by atoms with Crippen molar-refractivity contribution in [2.45, 2.75) is 89.6 Å². The Balaban J connectivity index is 1.43. The molecule has 1 aromatic carbocycles. The molecule has 1 aliphatic heterocycles. The molecule has 1 aromatic heterocycles. The predicted octanol–water partition coefficient (Wildman–Crippen LogP) is 4.55. The molecule has 0 spiro atoms. The maximum atomic E-state index is 13.7. The first-order chi connectivity index (χ1) is 19.9. The lowest BCUT2D eigenvalue weighted by Crippen LogP contribution is -2.57. The Morgan fingerprint density at radius 3 is 2.50 bits per heavy atom. The molecule has 4 rings (SSSR count). The number of carbonyl (C=O) groups is 3. The fraction of sp³-hybridized carbons (Fsp3) is 0.613. The lowest BCUT2D eigenvalue weighted by Gasteiger charge is -2.38. The van der Waals surface area contributed by atoms with Gasteiger partial charge in [0.15, 0.2) is 0 Å². The molecule has 1 aliphatic carbocycles. The SMILES string of the molecule is C=C(CN1CC(F)(F)C1)C(=O)NC[C@@H](NC(=O)[C@H](Cc1nc2ccc(C(C)C)cc2s1)NC(=O)CC)C1CCCCC1. The van der Waals surface area contributed by atoms with E-state index in [9.17, 15) is 23.2 Å². The van der Waals surface area contributed by atoms with Crippen LogP contribution in [0.3, 0.4) is 0 Å². The second kappa shape index (κ2) is 14.0. The summed E-state index contributed by atoms with van der Waals surface area (Å²) < 4.78 is 27.4. The largest absolute Gasteiger partial charge is 0.350 e. The summed E-state index contributed by atoms with van der Waals surface area (Å²) in [5.74, 6) is -3.11. The molecule has 2 atom stereocenters. The topological polar surface area (TPSA) is 103 Å². The fourth-order valence-corrected chi connectivity index (χ4v) is 6.72. The van der Waals surface area contributed by atoms with Gasteiger partial charge in [-0.15, -0.1) is 11.3 Å². The first kappa shape index (κ1) is 32.0. The summed E-state index contributed by atoms with van der Waals surface area (Å²) in [4.78, 5) is 45.1. The molecule has 2 aromatic rings. The summed E-state index contributed by atoms with van der Waals surface area (Å²) >= 11 is 1.52. The number of nitrogens with one attached hydrogen (secondary N) is 3. The van der Waals surface area contributed by atoms with Gasteiger partial charge in [0.25, 0.3) is 5.92 Å². The van der Waals surface area contributed by atoms with E-state index in [4.69, 9.17) is 4.98 Å². The number of amides is 3. The van der Waals surface area contributed by atoms with Crippen LogP contribution < -0.4 is 16.0 Å². The number of halogens is 2. The van der Waals surface area contributed by atoms with E-state index in [0.29, 0.717) is 5.92 Å². The number of nitrogens with zero attached hydrogens (tertiary/aromatic N) is 2. The molecule has 3 N–H and O–H groups in total. The van der Waals surface area contributed by atoms with Gasteiger partial charge < -0.3 is 16.0 Å². The molecule has 2 heterocycles. The number of rotatable bonds is 13. The number of carbonyl (C=O) groups excluding carboxylic acids is 3. The zero-order valence-corrected chi connectivity index (χ0v) is 25.6. The monoisotopic (exact) mass is 603 g/mol. The molecule has 2 fully saturated rings. The Kier molecular flexibility index (Phi) is 10.7. The van der Waals surface area contributed by atoms with Crippen molar-refractivity contribution in [2.24, 2.45) is 5.92 Å². The summed E-state index contributed by atoms with van der Waals surface area (Å²) in [6, 6.07) is 5.04. The van der Waals surface area contributed by atoms with Gasteiger partial charge in [-0.2, -0.15) is 0 Å². The van der Waals surface area contributed by atoms with Crippen molar-refractivity contribution in [1.29, 1.82) is 0 Å². The fourth-order valence-electron chi connectivity index (χ4n) is 5.66. The number of aromatic nitrogens is 1. The molecule has 3 amide bonds. The second-order valence-electron chi connectivity index (χ2n) is 12.0. The van der Waals surface area contributed by atoms with Crippen molar-refractivity contribution in [3.63, 3.8) is 0 Å². The van der Waals surface area contributed by atoms with Crippen molar-refractivity contribution in [1.82, 2.24) is 25.8 Å². The van der Waals surface area contributed by atoms with Gasteiger partial charge in [0.1, 0.15) is 6.04 Å². The Morgan fingerprint density at radius 2 is 1.86 bits per heavy atom. The van der Waals surface area contributed by atoms with Crippen molar-refractivity contribution < 1.29 is 23.2 Å². The lowest BCUT2D eigenvalue weighted by atomic mass is 9.83. The van der Waals surface area contributed by atoms with E-state index in [-0.39, 0.29) is 68.4 Å². The van der Waals surface area contributed by atoms with Gasteiger partial charge >= 0.3 is 0 Å². The van der Waals surface area contributed by atoms with Crippen molar-refractivity contribution in [3.8, 4) is 0 Å². The third kappa shape index (κ3) is 8.56. The number of alkyl halides is 2. The van der Waals surface area contributed by atoms with Crippen LogP contribution in [-0.4, -0.2) is 71.8 Å². The Bertz CT molecular complexity index is 1280. The van der Waals surface area contributed by atoms with Gasteiger partial charge in [0.05, 0.1) is 28.3 Å². The average Bonchev–Trinajstić information content (AvgIpc) is 3.35. The van der Waals surface area contributed by atoms with Crippen molar-refractivity contribution in [2.75, 3.05) is 26.2 Å². The molecule has 0 unspecified atom stereocenters. The van der Waals surface area contributed by atoms with Crippen LogP contribution in [0.1, 0.15) is 75.8 Å². The van der Waals surface area contributed by atoms with Crippen LogP contribution >= 0.6 is 11.3 Å². The smallest absolute Gasteiger partial charge is 0.272 e. The summed E-state index contributed by atoms with van der Waals surface area (Å²) in [5, 5.41) is 9.63. The molecular formula is C31H43F2N5O3S. The zero-order chi connectivity index (χ0) is 30.4. The van der Waals surface area contributed by atoms with Gasteiger partial charge in [-0.3, -0.25) is 19.3 Å². The average molecular weight is 604 g/mol. The molecule has 11 heteroatoms. The van der Waals surface area contributed by atoms with Crippen molar-refractivity contribution >= 4 is 39.3 Å². The van der Waals surface area contributed by atoms with E-state index < -0.39 is 17.9 Å². The van der Waals surface area contributed by atoms with Crippen LogP contribution in [0.25, 0.3) is 10.2 Å². The number of thiazole rings is 1. The predicted molar refractivity (Wildman–Crippen MR) is 162 cm³/mol. The Labute approximate surface area is 250 Å². The summed E-state index contributed by atoms with van der Waals surface area (Å²) in [5.41, 5.74) is 2.29. The minimum atomic E-state index is -2.71. The number of hydrogen-bond donors (Lipinski definition) is 3. The molecule has 1 saturated heterocycles. The lowest BCUT2D eigenvalue weighted by molar-refractivity contribution is -0.131. The molecule has 1 saturated carbocycles. The van der Waals surface area contributed by atoms with Crippen molar-refractivity contribution in [3.05, 3.63) is 40.9 Å². The third-order valence-corrected chi connectivity index (χ3v) is 9.19. The van der Waals surface area contributed by atoms with Crippen LogP contribution in [0.15, 0.2) is 30.4 Å². The molecule has 230 valence electrons. The highest BCUT2D eigenvalue weighted by molar-refractivity contribution is 7.18. The number of hydrogen-bond acceptors (Lipinski definition) is 6. The third-order valence-electron chi connectivity index (χ3n) is 8.15. The van der Waals surface area contributed by atoms with E-state index in [1.54, 1.807) is 6.92 Å². The van der Waals surface area contributed by atoms with Gasteiger partial charge in [-0.1, -0.05) is 52.7 Å². The maximum Gasteiger partial charge on any atom is 0.272 e. The first-order valence-electron chi connectivity index (χ1n) is 15.0. The van der Waals surface area contributed by atoms with Crippen LogP contribution in [0.4, 0.5) is 8.78 Å². The number of fused-ring (bicyclic) bond motifs is 1. The highest BCUT2D eigenvalue weighted by Gasteiger charge is 2.44. The molecule has 2 aliphatic rings. The minimum Gasteiger partial charge on any atom is -0.350 e. The van der Waals surface area contributed by atoms with Gasteiger partial charge in [0, 0.05) is 37.5 Å². The highest BCUT2D eigenvalue weighted by Crippen LogP contribution is 2.29. The zero-order valence-electron chi connectivity index (χ0n) is 24.8. The van der Waals surface area contributed by atoms with Gasteiger partial charge in [0.2, 0.25) is 17.7 Å². The van der Waals surface area contributed by atoms with Crippen LogP contribution in [0, 0.1) is 5.92 Å². The van der Waals surface area contributed by atoms with E-state index in [0.717, 1.165) is 47.3 Å². The highest BCUT2D eigenvalue weighted by atomic mass is 32.1. The van der Waals surface area contributed by atoms with Gasteiger partial charge in [-0.05, 0) is 42.4 Å². The number of likely N-dealkylation sites (tertiary alicyclic amines) is 1. The summed E-state index contributed by atoms with van der Waals surface area (Å²) in [6.07, 6.45) is 5.57. The van der Waals surface area contributed by atoms with Gasteiger partial charge in [-0.25, -0.2) is 13.8 Å². The van der Waals surface area contributed by atoms with Crippen LogP contribution in [0.5, 0.6) is 0 Å². The quantitative estimate of drug-likeness (QED) is 0.292.